The topological polar surface area (TPSA) is 9.23 Å². The SMILES string of the molecule is C=CC1=CCOC1c1ccccc1C. The van der Waals surface area contributed by atoms with E-state index in [0.717, 1.165) is 0 Å². The zero-order valence-electron chi connectivity index (χ0n) is 8.36. The Balaban J connectivity index is 2.36. The van der Waals surface area contributed by atoms with Crippen LogP contribution in [0.1, 0.15) is 17.2 Å². The summed E-state index contributed by atoms with van der Waals surface area (Å²) in [6, 6.07) is 8.32. The summed E-state index contributed by atoms with van der Waals surface area (Å²) in [5.74, 6) is 0. The van der Waals surface area contributed by atoms with Crippen molar-refractivity contribution in [1.29, 1.82) is 0 Å². The van der Waals surface area contributed by atoms with Crippen LogP contribution in [0.25, 0.3) is 0 Å². The van der Waals surface area contributed by atoms with Crippen LogP contribution < -0.4 is 0 Å². The lowest BCUT2D eigenvalue weighted by molar-refractivity contribution is 0.124. The van der Waals surface area contributed by atoms with Crippen molar-refractivity contribution in [3.8, 4) is 0 Å². The Kier molecular flexibility index (Phi) is 2.51. The van der Waals surface area contributed by atoms with Gasteiger partial charge in [-0.1, -0.05) is 43.0 Å². The predicted molar refractivity (Wildman–Crippen MR) is 58.2 cm³/mol. The van der Waals surface area contributed by atoms with Gasteiger partial charge < -0.3 is 4.74 Å². The summed E-state index contributed by atoms with van der Waals surface area (Å²) in [6.45, 7) is 6.60. The van der Waals surface area contributed by atoms with Gasteiger partial charge in [0.1, 0.15) is 6.10 Å². The quantitative estimate of drug-likeness (QED) is 0.689. The Labute approximate surface area is 84.7 Å². The summed E-state index contributed by atoms with van der Waals surface area (Å²) in [4.78, 5) is 0. The van der Waals surface area contributed by atoms with Crippen LogP contribution in [-0.4, -0.2) is 6.61 Å². The molecule has 0 bridgehead atoms. The monoisotopic (exact) mass is 186 g/mol. The van der Waals surface area contributed by atoms with Gasteiger partial charge in [-0.3, -0.25) is 0 Å². The van der Waals surface area contributed by atoms with Crippen molar-refractivity contribution in [3.63, 3.8) is 0 Å². The molecule has 0 aliphatic carbocycles. The molecule has 1 aromatic carbocycles. The fourth-order valence-corrected chi connectivity index (χ4v) is 1.78. The molecule has 0 spiro atoms. The summed E-state index contributed by atoms with van der Waals surface area (Å²) < 4.78 is 5.66. The van der Waals surface area contributed by atoms with Crippen LogP contribution in [0.3, 0.4) is 0 Å². The summed E-state index contributed by atoms with van der Waals surface area (Å²) >= 11 is 0. The highest BCUT2D eigenvalue weighted by Gasteiger charge is 2.20. The van der Waals surface area contributed by atoms with E-state index in [1.165, 1.54) is 16.7 Å². The summed E-state index contributed by atoms with van der Waals surface area (Å²) in [5, 5.41) is 0. The lowest BCUT2D eigenvalue weighted by Crippen LogP contribution is -2.01. The number of ether oxygens (including phenoxy) is 1. The van der Waals surface area contributed by atoms with Crippen molar-refractivity contribution >= 4 is 0 Å². The molecule has 1 aliphatic heterocycles. The summed E-state index contributed by atoms with van der Waals surface area (Å²) in [6.07, 6.45) is 4.06. The number of benzene rings is 1. The van der Waals surface area contributed by atoms with Crippen LogP contribution in [0, 0.1) is 6.92 Å². The maximum atomic E-state index is 5.66. The molecule has 0 N–H and O–H groups in total. The number of aryl methyl sites for hydroxylation is 1. The number of hydrogen-bond acceptors (Lipinski definition) is 1. The second-order valence-corrected chi connectivity index (χ2v) is 3.48. The molecule has 1 heterocycles. The van der Waals surface area contributed by atoms with Gasteiger partial charge in [-0.25, -0.2) is 0 Å². The van der Waals surface area contributed by atoms with E-state index in [4.69, 9.17) is 4.74 Å². The Morgan fingerprint density at radius 1 is 1.43 bits per heavy atom. The van der Waals surface area contributed by atoms with Gasteiger partial charge in [0.15, 0.2) is 0 Å². The average Bonchev–Trinajstić information content (AvgIpc) is 2.66. The average molecular weight is 186 g/mol. The van der Waals surface area contributed by atoms with Crippen LogP contribution in [-0.2, 0) is 4.74 Å². The molecule has 2 rings (SSSR count). The highest BCUT2D eigenvalue weighted by molar-refractivity contribution is 5.38. The second kappa shape index (κ2) is 3.81. The Bertz CT molecular complexity index is 377. The van der Waals surface area contributed by atoms with Gasteiger partial charge in [0.25, 0.3) is 0 Å². The first-order valence-corrected chi connectivity index (χ1v) is 4.82. The minimum atomic E-state index is 0.0914. The molecule has 1 aliphatic rings. The van der Waals surface area contributed by atoms with Crippen LogP contribution >= 0.6 is 0 Å². The van der Waals surface area contributed by atoms with Gasteiger partial charge >= 0.3 is 0 Å². The molecule has 0 radical (unpaired) electrons. The van der Waals surface area contributed by atoms with Crippen molar-refractivity contribution < 1.29 is 4.74 Å². The minimum Gasteiger partial charge on any atom is -0.365 e. The fourth-order valence-electron chi connectivity index (χ4n) is 1.78. The Morgan fingerprint density at radius 2 is 2.21 bits per heavy atom. The molecule has 0 saturated heterocycles. The lowest BCUT2D eigenvalue weighted by Gasteiger charge is -2.15. The first-order chi connectivity index (χ1) is 6.83. The van der Waals surface area contributed by atoms with E-state index in [1.807, 2.05) is 18.2 Å². The van der Waals surface area contributed by atoms with Crippen LogP contribution in [0.15, 0.2) is 48.6 Å². The number of rotatable bonds is 2. The van der Waals surface area contributed by atoms with Crippen molar-refractivity contribution in [2.24, 2.45) is 0 Å². The molecule has 0 amide bonds. The molecule has 1 unspecified atom stereocenters. The molecule has 0 aromatic heterocycles. The maximum absolute atomic E-state index is 5.66. The highest BCUT2D eigenvalue weighted by Crippen LogP contribution is 2.32. The van der Waals surface area contributed by atoms with E-state index in [-0.39, 0.29) is 6.10 Å². The smallest absolute Gasteiger partial charge is 0.108 e. The summed E-state index contributed by atoms with van der Waals surface area (Å²) in [5.41, 5.74) is 3.70. The van der Waals surface area contributed by atoms with E-state index < -0.39 is 0 Å². The molecule has 72 valence electrons. The van der Waals surface area contributed by atoms with E-state index in [2.05, 4.69) is 31.7 Å². The third kappa shape index (κ3) is 1.51. The van der Waals surface area contributed by atoms with Crippen LogP contribution in [0.5, 0.6) is 0 Å². The van der Waals surface area contributed by atoms with Gasteiger partial charge in [0.2, 0.25) is 0 Å². The van der Waals surface area contributed by atoms with Gasteiger partial charge in [0.05, 0.1) is 6.61 Å². The van der Waals surface area contributed by atoms with Crippen molar-refractivity contribution in [3.05, 3.63) is 59.7 Å². The maximum Gasteiger partial charge on any atom is 0.108 e. The van der Waals surface area contributed by atoms with Crippen molar-refractivity contribution in [1.82, 2.24) is 0 Å². The van der Waals surface area contributed by atoms with E-state index in [0.29, 0.717) is 6.61 Å². The third-order valence-corrected chi connectivity index (χ3v) is 2.59. The molecule has 1 nitrogen and oxygen atoms in total. The molecular formula is C13H14O. The molecule has 0 fully saturated rings. The normalized spacial score (nSPS) is 20.6. The Morgan fingerprint density at radius 3 is 2.93 bits per heavy atom. The predicted octanol–water partition coefficient (Wildman–Crippen LogP) is 3.18. The summed E-state index contributed by atoms with van der Waals surface area (Å²) in [7, 11) is 0. The van der Waals surface area contributed by atoms with Crippen molar-refractivity contribution in [2.45, 2.75) is 13.0 Å². The molecule has 14 heavy (non-hydrogen) atoms. The van der Waals surface area contributed by atoms with Crippen LogP contribution in [0.4, 0.5) is 0 Å². The minimum absolute atomic E-state index is 0.0914. The standard InChI is InChI=1S/C13H14O/c1-3-11-8-9-14-13(11)12-7-5-4-6-10(12)2/h3-8,13H,1,9H2,2H3. The van der Waals surface area contributed by atoms with E-state index in [1.54, 1.807) is 0 Å². The third-order valence-electron chi connectivity index (χ3n) is 2.59. The molecule has 1 aromatic rings. The van der Waals surface area contributed by atoms with E-state index >= 15 is 0 Å². The van der Waals surface area contributed by atoms with Crippen LogP contribution in [0.2, 0.25) is 0 Å². The Hall–Kier alpha value is -1.34. The highest BCUT2D eigenvalue weighted by atomic mass is 16.5. The van der Waals surface area contributed by atoms with Gasteiger partial charge in [-0.05, 0) is 23.6 Å². The first-order valence-electron chi connectivity index (χ1n) is 4.82. The van der Waals surface area contributed by atoms with E-state index in [9.17, 15) is 0 Å². The van der Waals surface area contributed by atoms with Gasteiger partial charge in [0, 0.05) is 0 Å². The molecule has 1 heteroatoms. The lowest BCUT2D eigenvalue weighted by atomic mass is 9.98. The second-order valence-electron chi connectivity index (χ2n) is 3.48. The van der Waals surface area contributed by atoms with Gasteiger partial charge in [-0.15, -0.1) is 0 Å². The zero-order valence-corrected chi connectivity index (χ0v) is 8.36. The van der Waals surface area contributed by atoms with Gasteiger partial charge in [-0.2, -0.15) is 0 Å². The number of hydrogen-bond donors (Lipinski definition) is 0. The molecule has 0 saturated carbocycles. The zero-order chi connectivity index (χ0) is 9.97. The fraction of sp³-hybridized carbons (Fsp3) is 0.231. The molecular weight excluding hydrogens is 172 g/mol. The largest absolute Gasteiger partial charge is 0.365 e. The van der Waals surface area contributed by atoms with Crippen molar-refractivity contribution in [2.75, 3.05) is 6.61 Å². The molecule has 1 atom stereocenters. The first kappa shape index (κ1) is 9.22.